The molecule has 0 bridgehead atoms. The minimum atomic E-state index is -0.102. The number of alkyl halides is 1. The summed E-state index contributed by atoms with van der Waals surface area (Å²) in [5.74, 6) is 1.93. The zero-order chi connectivity index (χ0) is 12.1. The van der Waals surface area contributed by atoms with E-state index in [2.05, 4.69) is 5.32 Å². The number of hydrogen-bond acceptors (Lipinski definition) is 2. The molecule has 1 heterocycles. The molecule has 1 unspecified atom stereocenters. The molecule has 0 radical (unpaired) electrons. The number of carbonyl (C=O) groups excluding carboxylic acids is 1. The van der Waals surface area contributed by atoms with Gasteiger partial charge >= 0.3 is 0 Å². The molecule has 2 rings (SSSR count). The number of amides is 1. The Labute approximate surface area is 113 Å². The first-order valence-electron chi connectivity index (χ1n) is 6.75. The van der Waals surface area contributed by atoms with E-state index < -0.39 is 0 Å². The van der Waals surface area contributed by atoms with Gasteiger partial charge in [0.1, 0.15) is 0 Å². The second-order valence-electron chi connectivity index (χ2n) is 5.32. The van der Waals surface area contributed by atoms with Gasteiger partial charge in [0.25, 0.3) is 0 Å². The molecule has 1 saturated heterocycles. The number of hydrogen-bond donors (Lipinski definition) is 1. The topological polar surface area (TPSA) is 29.1 Å². The van der Waals surface area contributed by atoms with E-state index >= 15 is 0 Å². The smallest absolute Gasteiger partial charge is 0.233 e. The van der Waals surface area contributed by atoms with Crippen LogP contribution in [0.3, 0.4) is 0 Å². The summed E-state index contributed by atoms with van der Waals surface area (Å²) >= 11 is 7.91. The maximum Gasteiger partial charge on any atom is 0.233 e. The molecule has 17 heavy (non-hydrogen) atoms. The van der Waals surface area contributed by atoms with Crippen LogP contribution in [0, 0.1) is 0 Å². The Balaban J connectivity index is 1.90. The van der Waals surface area contributed by atoms with Gasteiger partial charge in [-0.05, 0) is 31.4 Å². The lowest BCUT2D eigenvalue weighted by atomic mass is 9.83. The van der Waals surface area contributed by atoms with Gasteiger partial charge in [-0.3, -0.25) is 4.79 Å². The second kappa shape index (κ2) is 6.33. The lowest BCUT2D eigenvalue weighted by Crippen LogP contribution is -2.53. The maximum atomic E-state index is 12.2. The third-order valence-corrected chi connectivity index (χ3v) is 5.82. The van der Waals surface area contributed by atoms with E-state index in [0.717, 1.165) is 25.0 Å². The van der Waals surface area contributed by atoms with E-state index in [-0.39, 0.29) is 16.7 Å². The first-order valence-corrected chi connectivity index (χ1v) is 8.34. The highest BCUT2D eigenvalue weighted by Gasteiger charge is 2.35. The molecule has 98 valence electrons. The zero-order valence-corrected chi connectivity index (χ0v) is 11.9. The number of rotatable bonds is 3. The molecule has 1 aliphatic heterocycles. The zero-order valence-electron chi connectivity index (χ0n) is 10.3. The molecule has 1 atom stereocenters. The first-order chi connectivity index (χ1) is 8.26. The SMILES string of the molecule is O=C(NC1(CCl)CCCCC1)C1CCCCS1. The van der Waals surface area contributed by atoms with Crippen LogP contribution in [0.15, 0.2) is 0 Å². The number of nitrogens with one attached hydrogen (secondary N) is 1. The number of halogens is 1. The van der Waals surface area contributed by atoms with Gasteiger partial charge in [-0.1, -0.05) is 25.7 Å². The van der Waals surface area contributed by atoms with Crippen molar-refractivity contribution < 1.29 is 4.79 Å². The summed E-state index contributed by atoms with van der Waals surface area (Å²) in [4.78, 5) is 12.2. The van der Waals surface area contributed by atoms with E-state index in [1.165, 1.54) is 32.1 Å². The van der Waals surface area contributed by atoms with Crippen LogP contribution < -0.4 is 5.32 Å². The summed E-state index contributed by atoms with van der Waals surface area (Å²) in [6.45, 7) is 0. The van der Waals surface area contributed by atoms with Crippen LogP contribution in [0.25, 0.3) is 0 Å². The van der Waals surface area contributed by atoms with Crippen molar-refractivity contribution in [3.8, 4) is 0 Å². The molecule has 0 aromatic carbocycles. The molecule has 1 amide bonds. The maximum absolute atomic E-state index is 12.2. The number of carbonyl (C=O) groups is 1. The molecule has 0 aromatic heterocycles. The van der Waals surface area contributed by atoms with Crippen molar-refractivity contribution in [3.63, 3.8) is 0 Å². The van der Waals surface area contributed by atoms with E-state index in [4.69, 9.17) is 11.6 Å². The van der Waals surface area contributed by atoms with Crippen LogP contribution in [0.4, 0.5) is 0 Å². The second-order valence-corrected chi connectivity index (χ2v) is 6.90. The summed E-state index contributed by atoms with van der Waals surface area (Å²) in [7, 11) is 0. The summed E-state index contributed by atoms with van der Waals surface area (Å²) in [6.07, 6.45) is 9.28. The average molecular weight is 276 g/mol. The lowest BCUT2D eigenvalue weighted by molar-refractivity contribution is -0.122. The predicted molar refractivity (Wildman–Crippen MR) is 74.8 cm³/mol. The molecule has 0 aromatic rings. The van der Waals surface area contributed by atoms with Crippen molar-refractivity contribution in [2.45, 2.75) is 62.2 Å². The molecule has 4 heteroatoms. The van der Waals surface area contributed by atoms with Crippen molar-refractivity contribution in [1.29, 1.82) is 0 Å². The Morgan fingerprint density at radius 1 is 1.24 bits per heavy atom. The minimum Gasteiger partial charge on any atom is -0.349 e. The standard InChI is InChI=1S/C13H22ClNOS/c14-10-13(7-3-1-4-8-13)15-12(16)11-6-2-5-9-17-11/h11H,1-10H2,(H,15,16). The molecule has 0 spiro atoms. The summed E-state index contributed by atoms with van der Waals surface area (Å²) < 4.78 is 0. The lowest BCUT2D eigenvalue weighted by Gasteiger charge is -2.37. The predicted octanol–water partition coefficient (Wildman–Crippen LogP) is 3.33. The Bertz CT molecular complexity index is 260. The van der Waals surface area contributed by atoms with Crippen molar-refractivity contribution in [2.75, 3.05) is 11.6 Å². The van der Waals surface area contributed by atoms with Gasteiger partial charge in [0, 0.05) is 5.88 Å². The Morgan fingerprint density at radius 3 is 2.59 bits per heavy atom. The highest BCUT2D eigenvalue weighted by atomic mass is 35.5. The fourth-order valence-electron chi connectivity index (χ4n) is 2.81. The largest absolute Gasteiger partial charge is 0.349 e. The van der Waals surface area contributed by atoms with Crippen molar-refractivity contribution >= 4 is 29.3 Å². The quantitative estimate of drug-likeness (QED) is 0.801. The molecular formula is C13H22ClNOS. The normalized spacial score (nSPS) is 28.6. The Morgan fingerprint density at radius 2 is 2.00 bits per heavy atom. The summed E-state index contributed by atoms with van der Waals surface area (Å²) in [5.41, 5.74) is -0.102. The van der Waals surface area contributed by atoms with Crippen LogP contribution >= 0.6 is 23.4 Å². The first kappa shape index (κ1) is 13.5. The van der Waals surface area contributed by atoms with Crippen molar-refractivity contribution in [2.24, 2.45) is 0 Å². The van der Waals surface area contributed by atoms with E-state index in [9.17, 15) is 4.79 Å². The summed E-state index contributed by atoms with van der Waals surface area (Å²) in [6, 6.07) is 0. The molecule has 2 nitrogen and oxygen atoms in total. The minimum absolute atomic E-state index is 0.102. The van der Waals surface area contributed by atoms with Gasteiger partial charge in [-0.15, -0.1) is 23.4 Å². The van der Waals surface area contributed by atoms with Gasteiger partial charge < -0.3 is 5.32 Å². The molecule has 1 saturated carbocycles. The molecule has 1 aliphatic carbocycles. The number of thioether (sulfide) groups is 1. The van der Waals surface area contributed by atoms with Gasteiger partial charge in [0.15, 0.2) is 0 Å². The van der Waals surface area contributed by atoms with Crippen LogP contribution in [0.5, 0.6) is 0 Å². The van der Waals surface area contributed by atoms with Crippen LogP contribution in [0.1, 0.15) is 51.4 Å². The van der Waals surface area contributed by atoms with Crippen LogP contribution in [0.2, 0.25) is 0 Å². The van der Waals surface area contributed by atoms with Gasteiger partial charge in [-0.25, -0.2) is 0 Å². The highest BCUT2D eigenvalue weighted by Crippen LogP contribution is 2.31. The Kier molecular flexibility index (Phi) is 5.04. The molecule has 2 fully saturated rings. The third-order valence-electron chi connectivity index (χ3n) is 3.93. The van der Waals surface area contributed by atoms with E-state index in [0.29, 0.717) is 5.88 Å². The van der Waals surface area contributed by atoms with Crippen LogP contribution in [-0.2, 0) is 4.79 Å². The molecule has 1 N–H and O–H groups in total. The fraction of sp³-hybridized carbons (Fsp3) is 0.923. The van der Waals surface area contributed by atoms with E-state index in [1.807, 2.05) is 11.8 Å². The molecular weight excluding hydrogens is 254 g/mol. The van der Waals surface area contributed by atoms with Gasteiger partial charge in [0.2, 0.25) is 5.91 Å². The Hall–Kier alpha value is 0.110. The van der Waals surface area contributed by atoms with Crippen molar-refractivity contribution in [1.82, 2.24) is 5.32 Å². The van der Waals surface area contributed by atoms with E-state index in [1.54, 1.807) is 0 Å². The third kappa shape index (κ3) is 3.54. The van der Waals surface area contributed by atoms with Gasteiger partial charge in [-0.2, -0.15) is 0 Å². The van der Waals surface area contributed by atoms with Gasteiger partial charge in [0.05, 0.1) is 10.8 Å². The molecule has 2 aliphatic rings. The average Bonchev–Trinajstić information content (AvgIpc) is 2.41. The summed E-state index contributed by atoms with van der Waals surface area (Å²) in [5, 5.41) is 3.43. The van der Waals surface area contributed by atoms with Crippen LogP contribution in [-0.4, -0.2) is 28.3 Å². The fourth-order valence-corrected chi connectivity index (χ4v) is 4.34. The monoisotopic (exact) mass is 275 g/mol. The van der Waals surface area contributed by atoms with Crippen molar-refractivity contribution in [3.05, 3.63) is 0 Å². The highest BCUT2D eigenvalue weighted by molar-refractivity contribution is 8.00.